The van der Waals surface area contributed by atoms with Gasteiger partial charge in [0, 0.05) is 5.56 Å². The Morgan fingerprint density at radius 2 is 2.00 bits per heavy atom. The largest absolute Gasteiger partial charge is 0.480 e. The van der Waals surface area contributed by atoms with Crippen molar-refractivity contribution < 1.29 is 18.7 Å². The first-order chi connectivity index (χ1) is 9.06. The van der Waals surface area contributed by atoms with Crippen molar-refractivity contribution in [1.29, 1.82) is 0 Å². The summed E-state index contributed by atoms with van der Waals surface area (Å²) in [7, 11) is 0. The molecule has 5 heteroatoms. The van der Waals surface area contributed by atoms with Crippen LogP contribution in [0.4, 0.5) is 4.39 Å². The second kappa shape index (κ2) is 5.67. The third kappa shape index (κ3) is 3.42. The summed E-state index contributed by atoms with van der Waals surface area (Å²) in [5.41, 5.74) is 0.777. The zero-order chi connectivity index (χ0) is 13.8. The first kappa shape index (κ1) is 13.3. The van der Waals surface area contributed by atoms with Crippen LogP contribution in [0.1, 0.15) is 12.7 Å². The smallest absolute Gasteiger partial charge is 0.320 e. The molecule has 0 bridgehead atoms. The molecule has 0 spiro atoms. The van der Waals surface area contributed by atoms with Gasteiger partial charge in [0.1, 0.15) is 23.4 Å². The number of carbonyl (C=O) groups is 1. The summed E-state index contributed by atoms with van der Waals surface area (Å²) in [6.45, 7) is 1.89. The molecule has 0 fully saturated rings. The fraction of sp³-hybridized carbons (Fsp3) is 0.214. The maximum absolute atomic E-state index is 12.8. The van der Waals surface area contributed by atoms with Crippen LogP contribution in [0.5, 0.6) is 0 Å². The van der Waals surface area contributed by atoms with E-state index in [2.05, 4.69) is 5.32 Å². The second-order valence-corrected chi connectivity index (χ2v) is 4.21. The van der Waals surface area contributed by atoms with Crippen LogP contribution >= 0.6 is 0 Å². The molecule has 0 unspecified atom stereocenters. The van der Waals surface area contributed by atoms with Gasteiger partial charge in [-0.25, -0.2) is 4.39 Å². The predicted molar refractivity (Wildman–Crippen MR) is 68.0 cm³/mol. The summed E-state index contributed by atoms with van der Waals surface area (Å²) >= 11 is 0. The number of carboxylic acids is 1. The number of furan rings is 1. The number of aliphatic carboxylic acids is 1. The SMILES string of the molecule is C[C@@H](NCc1ccc(-c2ccc(F)cc2)o1)C(=O)O. The highest BCUT2D eigenvalue weighted by atomic mass is 19.1. The van der Waals surface area contributed by atoms with Gasteiger partial charge in [0.05, 0.1) is 6.54 Å². The molecule has 1 aromatic carbocycles. The summed E-state index contributed by atoms with van der Waals surface area (Å²) in [5, 5.41) is 11.6. The molecular weight excluding hydrogens is 249 g/mol. The highest BCUT2D eigenvalue weighted by Crippen LogP contribution is 2.22. The van der Waals surface area contributed by atoms with Crippen molar-refractivity contribution in [2.75, 3.05) is 0 Å². The van der Waals surface area contributed by atoms with Crippen LogP contribution in [0.15, 0.2) is 40.8 Å². The van der Waals surface area contributed by atoms with Gasteiger partial charge in [0.25, 0.3) is 0 Å². The molecule has 0 aliphatic rings. The minimum absolute atomic E-state index is 0.299. The minimum atomic E-state index is -0.912. The molecule has 2 rings (SSSR count). The fourth-order valence-corrected chi connectivity index (χ4v) is 1.58. The lowest BCUT2D eigenvalue weighted by molar-refractivity contribution is -0.139. The van der Waals surface area contributed by atoms with Gasteiger partial charge < -0.3 is 9.52 Å². The Labute approximate surface area is 109 Å². The van der Waals surface area contributed by atoms with Crippen LogP contribution < -0.4 is 5.32 Å². The molecular formula is C14H14FNO3. The van der Waals surface area contributed by atoms with Gasteiger partial charge in [-0.05, 0) is 43.3 Å². The summed E-state index contributed by atoms with van der Waals surface area (Å²) in [5.74, 6) is 0.0463. The molecule has 100 valence electrons. The topological polar surface area (TPSA) is 62.5 Å². The number of hydrogen-bond donors (Lipinski definition) is 2. The van der Waals surface area contributed by atoms with Crippen molar-refractivity contribution >= 4 is 5.97 Å². The standard InChI is InChI=1S/C14H14FNO3/c1-9(14(17)18)16-8-12-6-7-13(19-12)10-2-4-11(15)5-3-10/h2-7,9,16H,8H2,1H3,(H,17,18)/t9-/m1/s1. The molecule has 2 aromatic rings. The van der Waals surface area contributed by atoms with Crippen LogP contribution in [-0.4, -0.2) is 17.1 Å². The van der Waals surface area contributed by atoms with E-state index < -0.39 is 12.0 Å². The van der Waals surface area contributed by atoms with E-state index in [0.717, 1.165) is 5.56 Å². The molecule has 0 aliphatic carbocycles. The van der Waals surface area contributed by atoms with Crippen molar-refractivity contribution in [1.82, 2.24) is 5.32 Å². The Morgan fingerprint density at radius 3 is 2.63 bits per heavy atom. The van der Waals surface area contributed by atoms with Crippen molar-refractivity contribution in [2.24, 2.45) is 0 Å². The van der Waals surface area contributed by atoms with Gasteiger partial charge in [0.15, 0.2) is 0 Å². The maximum atomic E-state index is 12.8. The number of benzene rings is 1. The van der Waals surface area contributed by atoms with Gasteiger partial charge in [-0.2, -0.15) is 0 Å². The van der Waals surface area contributed by atoms with Crippen LogP contribution in [0, 0.1) is 5.82 Å². The molecule has 1 atom stereocenters. The zero-order valence-electron chi connectivity index (χ0n) is 10.4. The highest BCUT2D eigenvalue weighted by molar-refractivity contribution is 5.72. The van der Waals surface area contributed by atoms with Crippen molar-refractivity contribution in [2.45, 2.75) is 19.5 Å². The third-order valence-electron chi connectivity index (χ3n) is 2.74. The second-order valence-electron chi connectivity index (χ2n) is 4.21. The van der Waals surface area contributed by atoms with Crippen molar-refractivity contribution in [3.8, 4) is 11.3 Å². The van der Waals surface area contributed by atoms with Gasteiger partial charge in [0.2, 0.25) is 0 Å². The molecule has 1 aromatic heterocycles. The lowest BCUT2D eigenvalue weighted by Crippen LogP contribution is -2.32. The van der Waals surface area contributed by atoms with E-state index in [1.165, 1.54) is 12.1 Å². The lowest BCUT2D eigenvalue weighted by atomic mass is 10.2. The van der Waals surface area contributed by atoms with Gasteiger partial charge in [-0.1, -0.05) is 0 Å². The molecule has 0 amide bonds. The summed E-state index contributed by atoms with van der Waals surface area (Å²) < 4.78 is 18.4. The van der Waals surface area contributed by atoms with Crippen molar-refractivity contribution in [3.63, 3.8) is 0 Å². The van der Waals surface area contributed by atoms with Gasteiger partial charge >= 0.3 is 5.97 Å². The Balaban J connectivity index is 2.03. The highest BCUT2D eigenvalue weighted by Gasteiger charge is 2.11. The lowest BCUT2D eigenvalue weighted by Gasteiger charge is -2.06. The van der Waals surface area contributed by atoms with E-state index in [1.807, 2.05) is 0 Å². The molecule has 2 N–H and O–H groups in total. The number of hydrogen-bond acceptors (Lipinski definition) is 3. The summed E-state index contributed by atoms with van der Waals surface area (Å²) in [6.07, 6.45) is 0. The zero-order valence-corrected chi connectivity index (χ0v) is 10.4. The van der Waals surface area contributed by atoms with E-state index in [0.29, 0.717) is 18.1 Å². The van der Waals surface area contributed by atoms with E-state index in [1.54, 1.807) is 31.2 Å². The first-order valence-corrected chi connectivity index (χ1v) is 5.87. The quantitative estimate of drug-likeness (QED) is 0.870. The average molecular weight is 263 g/mol. The summed E-state index contributed by atoms with van der Waals surface area (Å²) in [6, 6.07) is 8.89. The molecule has 19 heavy (non-hydrogen) atoms. The van der Waals surface area contributed by atoms with Crippen LogP contribution in [0.3, 0.4) is 0 Å². The van der Waals surface area contributed by atoms with E-state index in [9.17, 15) is 9.18 Å². The molecule has 0 saturated carbocycles. The Morgan fingerprint density at radius 1 is 1.32 bits per heavy atom. The van der Waals surface area contributed by atoms with Crippen molar-refractivity contribution in [3.05, 3.63) is 48.0 Å². The predicted octanol–water partition coefficient (Wildman–Crippen LogP) is 2.65. The number of halogens is 1. The minimum Gasteiger partial charge on any atom is -0.480 e. The van der Waals surface area contributed by atoms with Gasteiger partial charge in [-0.3, -0.25) is 10.1 Å². The Hall–Kier alpha value is -2.14. The normalized spacial score (nSPS) is 12.3. The van der Waals surface area contributed by atoms with Crippen LogP contribution in [0.25, 0.3) is 11.3 Å². The first-order valence-electron chi connectivity index (χ1n) is 5.87. The number of carboxylic acid groups (broad SMARTS) is 1. The molecule has 0 saturated heterocycles. The van der Waals surface area contributed by atoms with Crippen LogP contribution in [0.2, 0.25) is 0 Å². The Bertz CT molecular complexity index is 562. The van der Waals surface area contributed by atoms with Gasteiger partial charge in [-0.15, -0.1) is 0 Å². The average Bonchev–Trinajstić information content (AvgIpc) is 2.85. The van der Waals surface area contributed by atoms with E-state index >= 15 is 0 Å². The number of rotatable bonds is 5. The summed E-state index contributed by atoms with van der Waals surface area (Å²) in [4.78, 5) is 10.7. The van der Waals surface area contributed by atoms with E-state index in [4.69, 9.17) is 9.52 Å². The van der Waals surface area contributed by atoms with E-state index in [-0.39, 0.29) is 5.82 Å². The Kier molecular flexibility index (Phi) is 3.97. The number of nitrogens with one attached hydrogen (secondary N) is 1. The third-order valence-corrected chi connectivity index (χ3v) is 2.74. The monoisotopic (exact) mass is 263 g/mol. The molecule has 0 aliphatic heterocycles. The van der Waals surface area contributed by atoms with Crippen LogP contribution in [-0.2, 0) is 11.3 Å². The molecule has 4 nitrogen and oxygen atoms in total. The molecule has 1 heterocycles. The molecule has 0 radical (unpaired) electrons. The maximum Gasteiger partial charge on any atom is 0.320 e. The fourth-order valence-electron chi connectivity index (χ4n) is 1.58.